The van der Waals surface area contributed by atoms with Crippen molar-refractivity contribution in [2.24, 2.45) is 5.92 Å². The fourth-order valence-electron chi connectivity index (χ4n) is 3.72. The lowest BCUT2D eigenvalue weighted by atomic mass is 9.78. The molecule has 0 aliphatic rings. The van der Waals surface area contributed by atoms with Gasteiger partial charge in [-0.2, -0.15) is 0 Å². The van der Waals surface area contributed by atoms with Gasteiger partial charge in [-0.3, -0.25) is 9.59 Å². The van der Waals surface area contributed by atoms with E-state index in [1.54, 1.807) is 0 Å². The number of rotatable bonds is 17. The minimum atomic E-state index is -0.901. The number of aliphatic hydroxyl groups is 2. The molecule has 0 aromatic heterocycles. The maximum atomic E-state index is 11.7. The Bertz CT molecular complexity index is 998. The van der Waals surface area contributed by atoms with E-state index in [1.165, 1.54) is 0 Å². The summed E-state index contributed by atoms with van der Waals surface area (Å²) in [7, 11) is 0. The summed E-state index contributed by atoms with van der Waals surface area (Å²) < 4.78 is 21.4. The van der Waals surface area contributed by atoms with Gasteiger partial charge in [0.2, 0.25) is 0 Å². The zero-order chi connectivity index (χ0) is 28.8. The van der Waals surface area contributed by atoms with E-state index in [-0.39, 0.29) is 43.8 Å². The summed E-state index contributed by atoms with van der Waals surface area (Å²) in [6.07, 6.45) is 0.348. The number of ether oxygens (including phenoxy) is 4. The molecule has 216 valence electrons. The van der Waals surface area contributed by atoms with Crippen LogP contribution >= 0.6 is 0 Å². The first-order chi connectivity index (χ1) is 18.5. The van der Waals surface area contributed by atoms with Gasteiger partial charge in [0.15, 0.2) is 0 Å². The molecule has 0 saturated carbocycles. The van der Waals surface area contributed by atoms with Gasteiger partial charge in [-0.1, -0.05) is 58.9 Å². The average Bonchev–Trinajstić information content (AvgIpc) is 2.92. The molecule has 2 unspecified atom stereocenters. The molecule has 2 aromatic rings. The Kier molecular flexibility index (Phi) is 13.3. The highest BCUT2D eigenvalue weighted by Gasteiger charge is 2.23. The molecule has 0 fully saturated rings. The van der Waals surface area contributed by atoms with Gasteiger partial charge in [0.25, 0.3) is 0 Å². The van der Waals surface area contributed by atoms with E-state index in [0.29, 0.717) is 36.7 Å². The molecule has 0 bridgehead atoms. The molecule has 0 saturated heterocycles. The summed E-state index contributed by atoms with van der Waals surface area (Å²) in [5.41, 5.74) is 1.85. The molecule has 2 aromatic carbocycles. The second kappa shape index (κ2) is 16.1. The van der Waals surface area contributed by atoms with Crippen molar-refractivity contribution in [3.63, 3.8) is 0 Å². The van der Waals surface area contributed by atoms with Crippen LogP contribution in [0.1, 0.15) is 71.4 Å². The van der Waals surface area contributed by atoms with Gasteiger partial charge in [0.05, 0.1) is 0 Å². The molecular weight excluding hydrogens is 500 g/mol. The topological polar surface area (TPSA) is 112 Å². The van der Waals surface area contributed by atoms with Crippen LogP contribution in [0.25, 0.3) is 0 Å². The van der Waals surface area contributed by atoms with Crippen molar-refractivity contribution in [1.29, 1.82) is 0 Å². The fraction of sp³-hybridized carbons (Fsp3) is 0.548. The summed E-state index contributed by atoms with van der Waals surface area (Å²) in [6.45, 7) is 10.1. The van der Waals surface area contributed by atoms with E-state index in [4.69, 9.17) is 18.9 Å². The number of carbonyl (C=O) groups is 2. The molecule has 8 nitrogen and oxygen atoms in total. The van der Waals surface area contributed by atoms with E-state index >= 15 is 0 Å². The third-order valence-electron chi connectivity index (χ3n) is 6.29. The molecule has 0 aliphatic carbocycles. The van der Waals surface area contributed by atoms with Crippen molar-refractivity contribution in [2.75, 3.05) is 26.4 Å². The average molecular weight is 545 g/mol. The minimum Gasteiger partial charge on any atom is -0.491 e. The monoisotopic (exact) mass is 544 g/mol. The highest BCUT2D eigenvalue weighted by Crippen LogP contribution is 2.33. The van der Waals surface area contributed by atoms with Gasteiger partial charge in [0, 0.05) is 18.3 Å². The molecular formula is C31H44O8. The van der Waals surface area contributed by atoms with E-state index in [9.17, 15) is 19.8 Å². The molecule has 0 amide bonds. The van der Waals surface area contributed by atoms with Crippen LogP contribution in [0, 0.1) is 5.92 Å². The molecule has 0 spiro atoms. The Hall–Kier alpha value is -3.10. The van der Waals surface area contributed by atoms with Crippen molar-refractivity contribution in [3.8, 4) is 11.5 Å². The lowest BCUT2D eigenvalue weighted by Crippen LogP contribution is -2.25. The second-order valence-corrected chi connectivity index (χ2v) is 10.7. The maximum Gasteiger partial charge on any atom is 0.305 e. The van der Waals surface area contributed by atoms with Crippen molar-refractivity contribution < 1.29 is 38.7 Å². The molecule has 2 atom stereocenters. The van der Waals surface area contributed by atoms with Gasteiger partial charge >= 0.3 is 11.9 Å². The quantitative estimate of drug-likeness (QED) is 0.273. The van der Waals surface area contributed by atoms with Crippen LogP contribution in [0.3, 0.4) is 0 Å². The lowest BCUT2D eigenvalue weighted by molar-refractivity contribution is -0.148. The summed E-state index contributed by atoms with van der Waals surface area (Å²) in [5, 5.41) is 20.1. The number of esters is 2. The molecule has 0 aliphatic heterocycles. The standard InChI is InChI=1S/C31H44O8/c1-6-7-29(34)38-20-25(32)18-36-27-13-9-23(10-14-27)31(4,5)24-11-15-28(16-12-24)37-19-26(33)21-39-30(35)17-8-22(2)3/h9-16,22,25-26,32-33H,6-8,17-21H2,1-5H3. The Morgan fingerprint density at radius 3 is 1.51 bits per heavy atom. The minimum absolute atomic E-state index is 0.0253. The van der Waals surface area contributed by atoms with Crippen molar-refractivity contribution in [1.82, 2.24) is 0 Å². The number of hydrogen-bond acceptors (Lipinski definition) is 8. The second-order valence-electron chi connectivity index (χ2n) is 10.7. The van der Waals surface area contributed by atoms with E-state index in [0.717, 1.165) is 17.5 Å². The summed E-state index contributed by atoms with van der Waals surface area (Å²) in [6, 6.07) is 15.3. The van der Waals surface area contributed by atoms with Crippen molar-refractivity contribution >= 4 is 11.9 Å². The molecule has 39 heavy (non-hydrogen) atoms. The van der Waals surface area contributed by atoms with Crippen LogP contribution in [0.15, 0.2) is 48.5 Å². The molecule has 0 heterocycles. The first-order valence-corrected chi connectivity index (χ1v) is 13.6. The maximum absolute atomic E-state index is 11.7. The third-order valence-corrected chi connectivity index (χ3v) is 6.29. The molecule has 2 rings (SSSR count). The number of carbonyl (C=O) groups excluding carboxylic acids is 2. The summed E-state index contributed by atoms with van der Waals surface area (Å²) >= 11 is 0. The van der Waals surface area contributed by atoms with Crippen LogP contribution in [0.5, 0.6) is 11.5 Å². The smallest absolute Gasteiger partial charge is 0.305 e. The lowest BCUT2D eigenvalue weighted by Gasteiger charge is -2.26. The molecule has 0 radical (unpaired) electrons. The van der Waals surface area contributed by atoms with Crippen LogP contribution < -0.4 is 9.47 Å². The normalized spacial score (nSPS) is 13.0. The zero-order valence-electron chi connectivity index (χ0n) is 23.9. The Morgan fingerprint density at radius 2 is 1.13 bits per heavy atom. The molecule has 2 N–H and O–H groups in total. The predicted octanol–water partition coefficient (Wildman–Crippen LogP) is 4.81. The SMILES string of the molecule is CCCC(=O)OCC(O)COc1ccc(C(C)(C)c2ccc(OCC(O)COC(=O)CCC(C)C)cc2)cc1. The fourth-order valence-corrected chi connectivity index (χ4v) is 3.72. The molecule has 8 heteroatoms. The predicted molar refractivity (Wildman–Crippen MR) is 149 cm³/mol. The third kappa shape index (κ3) is 11.7. The number of benzene rings is 2. The van der Waals surface area contributed by atoms with Gasteiger partial charge in [-0.15, -0.1) is 0 Å². The summed E-state index contributed by atoms with van der Waals surface area (Å²) in [5.74, 6) is 1.02. The summed E-state index contributed by atoms with van der Waals surface area (Å²) in [4.78, 5) is 23.1. The van der Waals surface area contributed by atoms with Crippen molar-refractivity contribution in [2.45, 2.75) is 77.9 Å². The number of aliphatic hydroxyl groups excluding tert-OH is 2. The zero-order valence-corrected chi connectivity index (χ0v) is 23.9. The highest BCUT2D eigenvalue weighted by atomic mass is 16.6. The van der Waals surface area contributed by atoms with Gasteiger partial charge in [-0.05, 0) is 54.2 Å². The van der Waals surface area contributed by atoms with Crippen LogP contribution in [0.4, 0.5) is 0 Å². The van der Waals surface area contributed by atoms with E-state index in [1.807, 2.05) is 69.3 Å². The van der Waals surface area contributed by atoms with E-state index in [2.05, 4.69) is 13.8 Å². The number of hydrogen-bond donors (Lipinski definition) is 2. The van der Waals surface area contributed by atoms with Gasteiger partial charge in [-0.25, -0.2) is 0 Å². The van der Waals surface area contributed by atoms with E-state index < -0.39 is 12.2 Å². The van der Waals surface area contributed by atoms with Crippen LogP contribution in [-0.4, -0.2) is 60.8 Å². The van der Waals surface area contributed by atoms with Gasteiger partial charge in [0.1, 0.15) is 50.1 Å². The van der Waals surface area contributed by atoms with Crippen LogP contribution in [0.2, 0.25) is 0 Å². The first kappa shape index (κ1) is 32.1. The first-order valence-electron chi connectivity index (χ1n) is 13.6. The van der Waals surface area contributed by atoms with Crippen molar-refractivity contribution in [3.05, 3.63) is 59.7 Å². The highest BCUT2D eigenvalue weighted by molar-refractivity contribution is 5.69. The largest absolute Gasteiger partial charge is 0.491 e. The Labute approximate surface area is 232 Å². The van der Waals surface area contributed by atoms with Crippen LogP contribution in [-0.2, 0) is 24.5 Å². The Morgan fingerprint density at radius 1 is 0.718 bits per heavy atom. The Balaban J connectivity index is 1.82. The van der Waals surface area contributed by atoms with Gasteiger partial charge < -0.3 is 29.2 Å².